The van der Waals surface area contributed by atoms with Crippen LogP contribution in [-0.2, 0) is 0 Å². The molecule has 0 spiro atoms. The molecular weight excluding hydrogens is 351 g/mol. The van der Waals surface area contributed by atoms with Crippen molar-refractivity contribution in [2.45, 2.75) is 0 Å². The van der Waals surface area contributed by atoms with E-state index >= 15 is 0 Å². The highest BCUT2D eigenvalue weighted by atomic mass is 35.5. The summed E-state index contributed by atoms with van der Waals surface area (Å²) in [4.78, 5) is 12.5. The van der Waals surface area contributed by atoms with Gasteiger partial charge in [-0.2, -0.15) is 5.21 Å². The average molecular weight is 359 g/mol. The van der Waals surface area contributed by atoms with Crippen LogP contribution in [0.2, 0.25) is 10.0 Å². The molecule has 2 aromatic carbocycles. The van der Waals surface area contributed by atoms with Gasteiger partial charge < -0.3 is 4.74 Å². The monoisotopic (exact) mass is 358 g/mol. The zero-order chi connectivity index (χ0) is 16.7. The van der Waals surface area contributed by atoms with Gasteiger partial charge in [-0.25, -0.2) is 0 Å². The number of aromatic amines is 1. The van der Waals surface area contributed by atoms with Gasteiger partial charge >= 0.3 is 0 Å². The molecule has 24 heavy (non-hydrogen) atoms. The summed E-state index contributed by atoms with van der Waals surface area (Å²) in [6.45, 7) is 0. The van der Waals surface area contributed by atoms with E-state index in [2.05, 4.69) is 20.6 Å². The van der Waals surface area contributed by atoms with E-state index in [0.29, 0.717) is 27.2 Å². The normalized spacial score (nSPS) is 14.8. The number of ether oxygens (including phenoxy) is 1. The molecule has 0 atom stereocenters. The molecule has 0 unspecified atom stereocenters. The fourth-order valence-electron chi connectivity index (χ4n) is 2.42. The number of hydrogen-bond donors (Lipinski definition) is 1. The summed E-state index contributed by atoms with van der Waals surface area (Å²) in [7, 11) is 0. The second kappa shape index (κ2) is 5.74. The van der Waals surface area contributed by atoms with Crippen LogP contribution in [0, 0.1) is 0 Å². The second-order valence-electron chi connectivity index (χ2n) is 5.06. The first kappa shape index (κ1) is 14.9. The molecule has 0 fully saturated rings. The van der Waals surface area contributed by atoms with Crippen molar-refractivity contribution in [2.24, 2.45) is 0 Å². The summed E-state index contributed by atoms with van der Waals surface area (Å²) in [5, 5.41) is 14.5. The molecule has 1 aromatic heterocycles. The molecule has 6 nitrogen and oxygen atoms in total. The standard InChI is InChI=1S/C16H8Cl2N4O2/c17-10-6-11-14(23)13(24-15(11)12(18)7-10)5-8-2-1-3-9(4-8)16-19-21-22-20-16/h1-7H,(H,19,20,21,22). The van der Waals surface area contributed by atoms with Crippen LogP contribution in [0.4, 0.5) is 0 Å². The average Bonchev–Trinajstić information content (AvgIpc) is 3.19. The summed E-state index contributed by atoms with van der Waals surface area (Å²) in [5.41, 5.74) is 1.88. The van der Waals surface area contributed by atoms with E-state index in [0.717, 1.165) is 11.1 Å². The Morgan fingerprint density at radius 2 is 2.04 bits per heavy atom. The molecule has 118 valence electrons. The van der Waals surface area contributed by atoms with E-state index in [4.69, 9.17) is 27.9 Å². The Morgan fingerprint density at radius 1 is 1.17 bits per heavy atom. The number of allylic oxidation sites excluding steroid dienone is 1. The molecule has 0 radical (unpaired) electrons. The van der Waals surface area contributed by atoms with Crippen LogP contribution in [0.15, 0.2) is 42.2 Å². The van der Waals surface area contributed by atoms with E-state index in [-0.39, 0.29) is 11.5 Å². The number of Topliss-reactive ketones (excluding diaryl/α,β-unsaturated/α-hetero) is 1. The topological polar surface area (TPSA) is 80.8 Å². The van der Waals surface area contributed by atoms with Gasteiger partial charge in [0.2, 0.25) is 11.6 Å². The number of H-pyrrole nitrogens is 1. The molecule has 8 heteroatoms. The lowest BCUT2D eigenvalue weighted by molar-refractivity contribution is 0.101. The Morgan fingerprint density at radius 3 is 2.83 bits per heavy atom. The van der Waals surface area contributed by atoms with E-state index < -0.39 is 0 Å². The number of benzene rings is 2. The zero-order valence-electron chi connectivity index (χ0n) is 12.0. The van der Waals surface area contributed by atoms with Gasteiger partial charge in [0.15, 0.2) is 11.5 Å². The number of carbonyl (C=O) groups excluding carboxylic acids is 1. The fourth-order valence-corrected chi connectivity index (χ4v) is 2.95. The van der Waals surface area contributed by atoms with Crippen molar-refractivity contribution >= 4 is 35.1 Å². The Bertz CT molecular complexity index is 984. The minimum atomic E-state index is -0.264. The first-order valence-corrected chi connectivity index (χ1v) is 7.64. The maximum absolute atomic E-state index is 12.5. The van der Waals surface area contributed by atoms with Crippen molar-refractivity contribution in [1.82, 2.24) is 20.6 Å². The quantitative estimate of drug-likeness (QED) is 0.704. The first-order chi connectivity index (χ1) is 11.6. The summed E-state index contributed by atoms with van der Waals surface area (Å²) in [6.07, 6.45) is 1.64. The number of nitrogens with zero attached hydrogens (tertiary/aromatic N) is 3. The number of hydrogen-bond acceptors (Lipinski definition) is 5. The predicted molar refractivity (Wildman–Crippen MR) is 89.0 cm³/mol. The third-order valence-corrected chi connectivity index (χ3v) is 3.98. The molecule has 0 aliphatic carbocycles. The van der Waals surface area contributed by atoms with Crippen molar-refractivity contribution in [1.29, 1.82) is 0 Å². The van der Waals surface area contributed by atoms with Crippen LogP contribution < -0.4 is 4.74 Å². The van der Waals surface area contributed by atoms with E-state index in [1.807, 2.05) is 24.3 Å². The molecule has 3 aromatic rings. The van der Waals surface area contributed by atoms with Gasteiger partial charge in [-0.1, -0.05) is 41.4 Å². The highest BCUT2D eigenvalue weighted by Gasteiger charge is 2.30. The van der Waals surface area contributed by atoms with Crippen molar-refractivity contribution in [3.05, 3.63) is 63.3 Å². The molecular formula is C16H8Cl2N4O2. The summed E-state index contributed by atoms with van der Waals surface area (Å²) >= 11 is 12.0. The maximum Gasteiger partial charge on any atom is 0.232 e. The van der Waals surface area contributed by atoms with E-state index in [9.17, 15) is 4.79 Å². The van der Waals surface area contributed by atoms with Crippen molar-refractivity contribution < 1.29 is 9.53 Å². The predicted octanol–water partition coefficient (Wildman–Crippen LogP) is 3.79. The molecule has 1 N–H and O–H groups in total. The van der Waals surface area contributed by atoms with Crippen molar-refractivity contribution in [3.8, 4) is 17.1 Å². The number of nitrogens with one attached hydrogen (secondary N) is 1. The smallest absolute Gasteiger partial charge is 0.232 e. The van der Waals surface area contributed by atoms with Crippen LogP contribution in [0.5, 0.6) is 5.75 Å². The van der Waals surface area contributed by atoms with Gasteiger partial charge in [0.05, 0.1) is 10.6 Å². The molecule has 1 aliphatic heterocycles. The lowest BCUT2D eigenvalue weighted by Crippen LogP contribution is -1.98. The third kappa shape index (κ3) is 2.55. The number of carbonyl (C=O) groups is 1. The van der Waals surface area contributed by atoms with Gasteiger partial charge in [-0.15, -0.1) is 10.2 Å². The third-order valence-electron chi connectivity index (χ3n) is 3.48. The SMILES string of the molecule is O=C1C(=Cc2cccc(-c3nn[nH]n3)c2)Oc2c(Cl)cc(Cl)cc21. The Balaban J connectivity index is 1.72. The molecule has 0 bridgehead atoms. The van der Waals surface area contributed by atoms with Gasteiger partial charge in [0.1, 0.15) is 0 Å². The van der Waals surface area contributed by atoms with Crippen molar-refractivity contribution in [3.63, 3.8) is 0 Å². The van der Waals surface area contributed by atoms with Gasteiger partial charge in [-0.3, -0.25) is 4.79 Å². The summed E-state index contributed by atoms with van der Waals surface area (Å²) in [6, 6.07) is 10.4. The molecule has 2 heterocycles. The van der Waals surface area contributed by atoms with Gasteiger partial charge in [0.25, 0.3) is 0 Å². The number of aromatic nitrogens is 4. The Hall–Kier alpha value is -2.70. The highest BCUT2D eigenvalue weighted by molar-refractivity contribution is 6.37. The molecule has 0 saturated carbocycles. The van der Waals surface area contributed by atoms with Crippen LogP contribution in [0.3, 0.4) is 0 Å². The van der Waals surface area contributed by atoms with Crippen LogP contribution in [-0.4, -0.2) is 26.4 Å². The Labute approximate surface area is 146 Å². The molecule has 0 amide bonds. The summed E-state index contributed by atoms with van der Waals surface area (Å²) < 4.78 is 5.61. The van der Waals surface area contributed by atoms with Crippen LogP contribution >= 0.6 is 23.2 Å². The minimum Gasteiger partial charge on any atom is -0.451 e. The zero-order valence-corrected chi connectivity index (χ0v) is 13.5. The minimum absolute atomic E-state index is 0.180. The van der Waals surface area contributed by atoms with E-state index in [1.54, 1.807) is 12.1 Å². The number of halogens is 2. The largest absolute Gasteiger partial charge is 0.451 e. The fraction of sp³-hybridized carbons (Fsp3) is 0. The van der Waals surface area contributed by atoms with Gasteiger partial charge in [0, 0.05) is 10.6 Å². The van der Waals surface area contributed by atoms with Crippen LogP contribution in [0.25, 0.3) is 17.5 Å². The maximum atomic E-state index is 12.5. The summed E-state index contributed by atoms with van der Waals surface area (Å²) in [5.74, 6) is 0.706. The Kier molecular flexibility index (Phi) is 3.55. The first-order valence-electron chi connectivity index (χ1n) is 6.89. The van der Waals surface area contributed by atoms with Gasteiger partial charge in [-0.05, 0) is 35.1 Å². The molecule has 0 saturated heterocycles. The van der Waals surface area contributed by atoms with E-state index in [1.165, 1.54) is 6.07 Å². The van der Waals surface area contributed by atoms with Crippen LogP contribution in [0.1, 0.15) is 15.9 Å². The number of tetrazole rings is 1. The second-order valence-corrected chi connectivity index (χ2v) is 5.91. The molecule has 4 rings (SSSR count). The number of rotatable bonds is 2. The van der Waals surface area contributed by atoms with Crippen molar-refractivity contribution in [2.75, 3.05) is 0 Å². The number of ketones is 1. The molecule has 1 aliphatic rings. The number of fused-ring (bicyclic) bond motifs is 1. The lowest BCUT2D eigenvalue weighted by Gasteiger charge is -2.01. The highest BCUT2D eigenvalue weighted by Crippen LogP contribution is 2.40. The lowest BCUT2D eigenvalue weighted by atomic mass is 10.1.